The largest absolute Gasteiger partial charge is 0.303 e. The zero-order chi connectivity index (χ0) is 16.8. The van der Waals surface area contributed by atoms with Gasteiger partial charge in [0.25, 0.3) is 0 Å². The summed E-state index contributed by atoms with van der Waals surface area (Å²) in [6, 6.07) is 30.8. The van der Waals surface area contributed by atoms with Gasteiger partial charge in [0.2, 0.25) is 0 Å². The van der Waals surface area contributed by atoms with E-state index < -0.39 is 0 Å². The summed E-state index contributed by atoms with van der Waals surface area (Å²) < 4.78 is 0. The lowest BCUT2D eigenvalue weighted by Crippen LogP contribution is -2.32. The fraction of sp³-hybridized carbons (Fsp3) is 0.217. The van der Waals surface area contributed by atoms with Crippen LogP contribution in [-0.4, -0.2) is 6.04 Å². The van der Waals surface area contributed by atoms with Crippen molar-refractivity contribution in [2.75, 3.05) is 0 Å². The van der Waals surface area contributed by atoms with E-state index in [1.807, 2.05) is 0 Å². The van der Waals surface area contributed by atoms with Gasteiger partial charge in [0, 0.05) is 6.04 Å². The van der Waals surface area contributed by atoms with Crippen molar-refractivity contribution in [2.24, 2.45) is 0 Å². The van der Waals surface area contributed by atoms with Gasteiger partial charge in [-0.1, -0.05) is 90.5 Å². The standard InChI is InChI=1S/C23H25N/c1-18-13-15-20(16-14-18)17-19(2)24-23(21-9-5-3-6-10-21)22-11-7-4-8-12-22/h3-16,19,23-24H,17H2,1-2H3. The molecule has 1 N–H and O–H groups in total. The Morgan fingerprint density at radius 3 is 1.71 bits per heavy atom. The minimum absolute atomic E-state index is 0.216. The lowest BCUT2D eigenvalue weighted by Gasteiger charge is -2.24. The highest BCUT2D eigenvalue weighted by Crippen LogP contribution is 2.23. The second-order valence-corrected chi connectivity index (χ2v) is 6.51. The van der Waals surface area contributed by atoms with Crippen molar-refractivity contribution in [1.82, 2.24) is 5.32 Å². The zero-order valence-electron chi connectivity index (χ0n) is 14.4. The molecule has 1 unspecified atom stereocenters. The summed E-state index contributed by atoms with van der Waals surface area (Å²) in [4.78, 5) is 0. The average Bonchev–Trinajstić information content (AvgIpc) is 2.63. The van der Waals surface area contributed by atoms with Crippen molar-refractivity contribution in [3.63, 3.8) is 0 Å². The van der Waals surface area contributed by atoms with E-state index in [4.69, 9.17) is 0 Å². The minimum Gasteiger partial charge on any atom is -0.303 e. The third kappa shape index (κ3) is 4.33. The molecule has 0 aromatic heterocycles. The van der Waals surface area contributed by atoms with Crippen molar-refractivity contribution < 1.29 is 0 Å². The molecule has 0 aliphatic heterocycles. The van der Waals surface area contributed by atoms with Crippen LogP contribution in [0.4, 0.5) is 0 Å². The number of aryl methyl sites for hydroxylation is 1. The van der Waals surface area contributed by atoms with Crippen LogP contribution in [-0.2, 0) is 6.42 Å². The number of hydrogen-bond donors (Lipinski definition) is 1. The third-order valence-electron chi connectivity index (χ3n) is 4.38. The highest BCUT2D eigenvalue weighted by atomic mass is 14.9. The van der Waals surface area contributed by atoms with Crippen molar-refractivity contribution in [2.45, 2.75) is 32.4 Å². The van der Waals surface area contributed by atoms with Gasteiger partial charge in [0.05, 0.1) is 6.04 Å². The maximum absolute atomic E-state index is 3.81. The van der Waals surface area contributed by atoms with Gasteiger partial charge in [-0.2, -0.15) is 0 Å². The molecule has 24 heavy (non-hydrogen) atoms. The number of rotatable bonds is 6. The third-order valence-corrected chi connectivity index (χ3v) is 4.38. The van der Waals surface area contributed by atoms with Crippen LogP contribution in [0.25, 0.3) is 0 Å². The van der Waals surface area contributed by atoms with Crippen molar-refractivity contribution in [3.8, 4) is 0 Å². The summed E-state index contributed by atoms with van der Waals surface area (Å²) in [7, 11) is 0. The molecule has 0 amide bonds. The maximum atomic E-state index is 3.81. The van der Waals surface area contributed by atoms with Crippen molar-refractivity contribution in [3.05, 3.63) is 107 Å². The maximum Gasteiger partial charge on any atom is 0.0578 e. The molecule has 3 rings (SSSR count). The Bertz CT molecular complexity index is 693. The Morgan fingerprint density at radius 2 is 1.21 bits per heavy atom. The van der Waals surface area contributed by atoms with E-state index in [0.29, 0.717) is 6.04 Å². The predicted molar refractivity (Wildman–Crippen MR) is 102 cm³/mol. The monoisotopic (exact) mass is 315 g/mol. The summed E-state index contributed by atoms with van der Waals surface area (Å²) in [6.07, 6.45) is 1.02. The Kier molecular flexibility index (Phi) is 5.45. The SMILES string of the molecule is Cc1ccc(CC(C)NC(c2ccccc2)c2ccccc2)cc1. The molecular weight excluding hydrogens is 290 g/mol. The van der Waals surface area contributed by atoms with E-state index in [1.165, 1.54) is 22.3 Å². The van der Waals surface area contributed by atoms with E-state index in [-0.39, 0.29) is 6.04 Å². The van der Waals surface area contributed by atoms with Crippen LogP contribution in [0.15, 0.2) is 84.9 Å². The molecule has 0 saturated carbocycles. The Hall–Kier alpha value is -2.38. The molecule has 0 bridgehead atoms. The number of nitrogens with one attached hydrogen (secondary N) is 1. The molecule has 0 aliphatic rings. The molecule has 0 fully saturated rings. The Labute approximate surface area is 145 Å². The van der Waals surface area contributed by atoms with Gasteiger partial charge in [-0.15, -0.1) is 0 Å². The normalized spacial score (nSPS) is 12.3. The minimum atomic E-state index is 0.216. The first-order valence-corrected chi connectivity index (χ1v) is 8.64. The van der Waals surface area contributed by atoms with Gasteiger partial charge in [0.15, 0.2) is 0 Å². The van der Waals surface area contributed by atoms with Crippen LogP contribution >= 0.6 is 0 Å². The molecule has 0 heterocycles. The predicted octanol–water partition coefficient (Wildman–Crippen LogP) is 5.31. The lowest BCUT2D eigenvalue weighted by molar-refractivity contribution is 0.496. The highest BCUT2D eigenvalue weighted by Gasteiger charge is 2.16. The molecule has 1 atom stereocenters. The molecule has 1 nitrogen and oxygen atoms in total. The van der Waals surface area contributed by atoms with Crippen LogP contribution in [0.1, 0.15) is 35.2 Å². The van der Waals surface area contributed by atoms with Crippen LogP contribution < -0.4 is 5.32 Å². The molecule has 3 aromatic carbocycles. The van der Waals surface area contributed by atoms with Gasteiger partial charge in [-0.05, 0) is 37.0 Å². The van der Waals surface area contributed by atoms with E-state index in [0.717, 1.165) is 6.42 Å². The zero-order valence-corrected chi connectivity index (χ0v) is 14.4. The van der Waals surface area contributed by atoms with Crippen LogP contribution in [0.3, 0.4) is 0 Å². The summed E-state index contributed by atoms with van der Waals surface area (Å²) in [5.74, 6) is 0. The fourth-order valence-corrected chi connectivity index (χ4v) is 3.10. The quantitative estimate of drug-likeness (QED) is 0.650. The van der Waals surface area contributed by atoms with Crippen LogP contribution in [0.2, 0.25) is 0 Å². The van der Waals surface area contributed by atoms with Crippen molar-refractivity contribution in [1.29, 1.82) is 0 Å². The van der Waals surface area contributed by atoms with Gasteiger partial charge in [-0.3, -0.25) is 0 Å². The smallest absolute Gasteiger partial charge is 0.0578 e. The molecule has 0 saturated heterocycles. The van der Waals surface area contributed by atoms with Crippen LogP contribution in [0.5, 0.6) is 0 Å². The summed E-state index contributed by atoms with van der Waals surface area (Å²) in [5, 5.41) is 3.81. The van der Waals surface area contributed by atoms with Gasteiger partial charge >= 0.3 is 0 Å². The molecule has 1 heteroatoms. The summed E-state index contributed by atoms with van der Waals surface area (Å²) >= 11 is 0. The van der Waals surface area contributed by atoms with E-state index in [9.17, 15) is 0 Å². The number of benzene rings is 3. The first-order valence-electron chi connectivity index (χ1n) is 8.64. The Morgan fingerprint density at radius 1 is 0.708 bits per heavy atom. The second-order valence-electron chi connectivity index (χ2n) is 6.51. The topological polar surface area (TPSA) is 12.0 Å². The molecule has 3 aromatic rings. The summed E-state index contributed by atoms with van der Waals surface area (Å²) in [5.41, 5.74) is 5.30. The number of hydrogen-bond acceptors (Lipinski definition) is 1. The lowest BCUT2D eigenvalue weighted by atomic mass is 9.96. The van der Waals surface area contributed by atoms with Gasteiger partial charge in [-0.25, -0.2) is 0 Å². The van der Waals surface area contributed by atoms with Crippen LogP contribution in [0, 0.1) is 6.92 Å². The van der Waals surface area contributed by atoms with E-state index in [2.05, 4.69) is 104 Å². The highest BCUT2D eigenvalue weighted by molar-refractivity contribution is 5.32. The molecule has 0 aliphatic carbocycles. The van der Waals surface area contributed by atoms with Crippen molar-refractivity contribution >= 4 is 0 Å². The molecule has 0 radical (unpaired) electrons. The second kappa shape index (κ2) is 7.94. The molecule has 122 valence electrons. The average molecular weight is 315 g/mol. The van der Waals surface area contributed by atoms with Gasteiger partial charge in [0.1, 0.15) is 0 Å². The first-order chi connectivity index (χ1) is 11.7. The molecular formula is C23H25N. The molecule has 0 spiro atoms. The fourth-order valence-electron chi connectivity index (χ4n) is 3.10. The van der Waals surface area contributed by atoms with Gasteiger partial charge < -0.3 is 5.32 Å². The van der Waals surface area contributed by atoms with E-state index in [1.54, 1.807) is 0 Å². The Balaban J connectivity index is 1.77. The first kappa shape index (κ1) is 16.5. The summed E-state index contributed by atoms with van der Waals surface area (Å²) in [6.45, 7) is 4.39. The van der Waals surface area contributed by atoms with E-state index >= 15 is 0 Å².